The van der Waals surface area contributed by atoms with Gasteiger partial charge in [-0.05, 0) is 11.6 Å². The second-order valence-electron chi connectivity index (χ2n) is 6.65. The summed E-state index contributed by atoms with van der Waals surface area (Å²) in [6, 6.07) is 14.1. The maximum absolute atomic E-state index is 13.1. The van der Waals surface area contributed by atoms with Crippen LogP contribution in [0.2, 0.25) is 0 Å². The number of nitrogens with zero attached hydrogens (tertiary/aromatic N) is 3. The van der Waals surface area contributed by atoms with Crippen molar-refractivity contribution in [2.45, 2.75) is 11.4 Å². The molecule has 1 aliphatic rings. The Morgan fingerprint density at radius 2 is 1.60 bits per heavy atom. The lowest BCUT2D eigenvalue weighted by atomic mass is 10.2. The van der Waals surface area contributed by atoms with Crippen molar-refractivity contribution in [1.29, 1.82) is 0 Å². The van der Waals surface area contributed by atoms with Crippen molar-refractivity contribution in [2.75, 3.05) is 25.4 Å². The van der Waals surface area contributed by atoms with E-state index in [4.69, 9.17) is 0 Å². The van der Waals surface area contributed by atoms with Gasteiger partial charge in [-0.1, -0.05) is 54.6 Å². The lowest BCUT2D eigenvalue weighted by Gasteiger charge is -2.23. The Balaban J connectivity index is 1.87. The number of benzene rings is 2. The average Bonchev–Trinajstić information content (AvgIpc) is 2.79. The molecule has 0 atom stereocenters. The quantitative estimate of drug-likeness (QED) is 0.390. The maximum atomic E-state index is 13.1. The van der Waals surface area contributed by atoms with Crippen molar-refractivity contribution in [2.24, 2.45) is 0 Å². The molecule has 0 aliphatic carbocycles. The zero-order valence-corrected chi connectivity index (χ0v) is 17.6. The fourth-order valence-corrected chi connectivity index (χ4v) is 6.10. The van der Waals surface area contributed by atoms with E-state index in [2.05, 4.69) is 0 Å². The molecule has 2 aromatic rings. The summed E-state index contributed by atoms with van der Waals surface area (Å²) < 4.78 is 54.1. The van der Waals surface area contributed by atoms with Crippen molar-refractivity contribution in [1.82, 2.24) is 8.61 Å². The number of para-hydroxylation sites is 1. The number of rotatable bonds is 5. The molecule has 0 radical (unpaired) electrons. The Labute approximate surface area is 175 Å². The monoisotopic (exact) mass is 451 g/mol. The van der Waals surface area contributed by atoms with Crippen LogP contribution in [0.5, 0.6) is 0 Å². The lowest BCUT2D eigenvalue weighted by Crippen LogP contribution is -2.39. The molecular weight excluding hydrogens is 430 g/mol. The third-order valence-corrected chi connectivity index (χ3v) is 8.33. The number of hydrogen-bond acceptors (Lipinski definition) is 6. The van der Waals surface area contributed by atoms with E-state index in [1.165, 1.54) is 16.4 Å². The van der Waals surface area contributed by atoms with Crippen LogP contribution in [0.25, 0.3) is 0 Å². The van der Waals surface area contributed by atoms with Gasteiger partial charge in [0.2, 0.25) is 20.0 Å². The first-order chi connectivity index (χ1) is 14.2. The van der Waals surface area contributed by atoms with E-state index in [0.29, 0.717) is 0 Å². The van der Waals surface area contributed by atoms with E-state index in [-0.39, 0.29) is 26.2 Å². The molecule has 30 heavy (non-hydrogen) atoms. The van der Waals surface area contributed by atoms with Gasteiger partial charge in [-0.15, -0.1) is 0 Å². The van der Waals surface area contributed by atoms with Gasteiger partial charge < -0.3 is 0 Å². The molecule has 11 heteroatoms. The molecule has 0 saturated heterocycles. The van der Waals surface area contributed by atoms with Crippen molar-refractivity contribution in [3.63, 3.8) is 0 Å². The Morgan fingerprint density at radius 1 is 0.967 bits per heavy atom. The van der Waals surface area contributed by atoms with Gasteiger partial charge in [-0.2, -0.15) is 8.61 Å². The molecule has 9 nitrogen and oxygen atoms in total. The summed E-state index contributed by atoms with van der Waals surface area (Å²) in [5, 5.41) is 11.3. The zero-order chi connectivity index (χ0) is 21.8. The predicted molar refractivity (Wildman–Crippen MR) is 112 cm³/mol. The van der Waals surface area contributed by atoms with Crippen LogP contribution in [0.3, 0.4) is 0 Å². The first-order valence-corrected chi connectivity index (χ1v) is 12.2. The minimum atomic E-state index is -4.26. The van der Waals surface area contributed by atoms with Crippen molar-refractivity contribution in [3.8, 4) is 0 Å². The van der Waals surface area contributed by atoms with Crippen molar-refractivity contribution < 1.29 is 21.8 Å². The van der Waals surface area contributed by atoms with E-state index in [9.17, 15) is 26.9 Å². The number of nitro groups is 1. The molecule has 1 heterocycles. The molecule has 0 spiro atoms. The van der Waals surface area contributed by atoms with Crippen molar-refractivity contribution in [3.05, 3.63) is 82.4 Å². The number of nitro benzene ring substituents is 1. The highest BCUT2D eigenvalue weighted by Gasteiger charge is 2.33. The summed E-state index contributed by atoms with van der Waals surface area (Å²) in [5.74, 6) is -0.429. The fraction of sp³-hybridized carbons (Fsp3) is 0.263. The molecule has 3 rings (SSSR count). The fourth-order valence-electron chi connectivity index (χ4n) is 3.07. The summed E-state index contributed by atoms with van der Waals surface area (Å²) in [4.78, 5) is 10.0. The third-order valence-electron chi connectivity index (χ3n) is 4.66. The Hall–Kier alpha value is -2.60. The van der Waals surface area contributed by atoms with Crippen LogP contribution in [-0.2, 0) is 26.6 Å². The average molecular weight is 452 g/mol. The van der Waals surface area contributed by atoms with Crippen LogP contribution < -0.4 is 0 Å². The summed E-state index contributed by atoms with van der Waals surface area (Å²) >= 11 is 0. The molecule has 160 valence electrons. The smallest absolute Gasteiger partial charge is 0.258 e. The standard InChI is InChI=1S/C19H21N3O6S2/c23-22(24)18-10-4-5-11-19(18)30(27,28)20-12-6-7-13-21(29(25,26)15-14-20)16-17-8-2-1-3-9-17/h1-11H,12-16H2/b7-6-. The lowest BCUT2D eigenvalue weighted by molar-refractivity contribution is -0.387. The highest BCUT2D eigenvalue weighted by molar-refractivity contribution is 7.90. The molecule has 0 unspecified atom stereocenters. The predicted octanol–water partition coefficient (Wildman–Crippen LogP) is 1.99. The van der Waals surface area contributed by atoms with Gasteiger partial charge in [-0.3, -0.25) is 10.1 Å². The molecule has 2 aromatic carbocycles. The van der Waals surface area contributed by atoms with E-state index in [1.807, 2.05) is 30.3 Å². The minimum Gasteiger partial charge on any atom is -0.258 e. The molecule has 1 aliphatic heterocycles. The molecule has 0 N–H and O–H groups in total. The summed E-state index contributed by atoms with van der Waals surface area (Å²) in [6.45, 7) is -0.115. The molecule has 0 amide bonds. The first kappa shape index (κ1) is 22.1. The topological polar surface area (TPSA) is 118 Å². The van der Waals surface area contributed by atoms with Gasteiger partial charge in [0.1, 0.15) is 0 Å². The van der Waals surface area contributed by atoms with Crippen LogP contribution in [0.15, 0.2) is 71.6 Å². The maximum Gasteiger partial charge on any atom is 0.289 e. The van der Waals surface area contributed by atoms with Crippen LogP contribution in [0.4, 0.5) is 5.69 Å². The highest BCUT2D eigenvalue weighted by Crippen LogP contribution is 2.26. The summed E-state index contributed by atoms with van der Waals surface area (Å²) in [6.07, 6.45) is 3.15. The van der Waals surface area contributed by atoms with E-state index < -0.39 is 41.3 Å². The van der Waals surface area contributed by atoms with Crippen molar-refractivity contribution >= 4 is 25.7 Å². The van der Waals surface area contributed by atoms with E-state index >= 15 is 0 Å². The molecule has 0 fully saturated rings. The van der Waals surface area contributed by atoms with Gasteiger partial charge in [0.15, 0.2) is 4.90 Å². The molecule has 0 saturated carbocycles. The van der Waals surface area contributed by atoms with Gasteiger partial charge in [-0.25, -0.2) is 16.8 Å². The second kappa shape index (κ2) is 9.04. The van der Waals surface area contributed by atoms with Crippen LogP contribution in [-0.4, -0.2) is 55.8 Å². The second-order valence-corrected chi connectivity index (χ2v) is 10.6. The van der Waals surface area contributed by atoms with Crippen LogP contribution in [0.1, 0.15) is 5.56 Å². The first-order valence-electron chi connectivity index (χ1n) is 9.12. The number of sulfonamides is 2. The summed E-state index contributed by atoms with van der Waals surface area (Å²) in [7, 11) is -8.03. The minimum absolute atomic E-state index is 0.0803. The van der Waals surface area contributed by atoms with Gasteiger partial charge >= 0.3 is 0 Å². The summed E-state index contributed by atoms with van der Waals surface area (Å²) in [5.41, 5.74) is 0.271. The Bertz CT molecular complexity index is 1150. The van der Waals surface area contributed by atoms with Crippen LogP contribution in [0, 0.1) is 10.1 Å². The van der Waals surface area contributed by atoms with Gasteiger partial charge in [0, 0.05) is 32.2 Å². The molecular formula is C19H21N3O6S2. The normalized spacial score (nSPS) is 19.3. The molecule has 0 bridgehead atoms. The largest absolute Gasteiger partial charge is 0.289 e. The van der Waals surface area contributed by atoms with E-state index in [1.54, 1.807) is 12.2 Å². The SMILES string of the molecule is O=[N+]([O-])c1ccccc1S(=O)(=O)N1C/C=C\CN(Cc2ccccc2)S(=O)(=O)CC1. The van der Waals surface area contributed by atoms with Crippen LogP contribution >= 0.6 is 0 Å². The van der Waals surface area contributed by atoms with Gasteiger partial charge in [0.25, 0.3) is 5.69 Å². The van der Waals surface area contributed by atoms with Gasteiger partial charge in [0.05, 0.1) is 10.7 Å². The van der Waals surface area contributed by atoms with E-state index in [0.717, 1.165) is 22.0 Å². The Kier molecular flexibility index (Phi) is 6.66. The number of hydrogen-bond donors (Lipinski definition) is 0. The highest BCUT2D eigenvalue weighted by atomic mass is 32.2. The molecule has 0 aromatic heterocycles. The Morgan fingerprint density at radius 3 is 2.30 bits per heavy atom. The third kappa shape index (κ3) is 4.93. The zero-order valence-electron chi connectivity index (χ0n) is 16.0.